The van der Waals surface area contributed by atoms with Crippen molar-refractivity contribution in [3.8, 4) is 0 Å². The Hall–Kier alpha value is -2.66. The second-order valence-corrected chi connectivity index (χ2v) is 23.9. The Bertz CT molecular complexity index is 2400. The van der Waals surface area contributed by atoms with Gasteiger partial charge in [-0.2, -0.15) is 0 Å². The zero-order valence-electron chi connectivity index (χ0n) is 31.9. The Morgan fingerprint density at radius 3 is 1.56 bits per heavy atom. The summed E-state index contributed by atoms with van der Waals surface area (Å²) in [6.07, 6.45) is 4.76. The molecule has 6 aromatic carbocycles. The van der Waals surface area contributed by atoms with Crippen LogP contribution < -0.4 is 10.4 Å². The molecule has 52 heavy (non-hydrogen) atoms. The average molecular weight is 825 g/mol. The molecule has 7 heteroatoms. The van der Waals surface area contributed by atoms with Crippen molar-refractivity contribution in [3.63, 3.8) is 0 Å². The molecule has 2 aromatic heterocycles. The van der Waals surface area contributed by atoms with Crippen molar-refractivity contribution >= 4 is 101 Å². The molecule has 3 nitrogen and oxygen atoms in total. The number of hydrogen-bond acceptors (Lipinski definition) is 1. The molecule has 0 unspecified atom stereocenters. The van der Waals surface area contributed by atoms with Crippen LogP contribution in [-0.4, -0.2) is 29.4 Å². The molecule has 0 aliphatic carbocycles. The minimum absolute atomic E-state index is 0.0759. The first-order valence-electron chi connectivity index (χ1n) is 18.6. The number of hydrogen-bond donors (Lipinski definition) is 0. The van der Waals surface area contributed by atoms with Gasteiger partial charge in [-0.25, -0.2) is 0 Å². The van der Waals surface area contributed by atoms with Crippen LogP contribution in [0.4, 0.5) is 0 Å². The summed E-state index contributed by atoms with van der Waals surface area (Å²) in [5.41, 5.74) is 8.01. The SMILES string of the molecule is Cc1ccc2c(c1)c1c(c3ccccc3[c-]1[Si](C)(CCCCCCOC(C)(C)C)[c-]1c3ccccc3c3c1c1cc(C)ccc1n3C)n2C.[Cl][Zr+2][Cl]. The summed E-state index contributed by atoms with van der Waals surface area (Å²) in [5, 5.41) is 14.7. The monoisotopic (exact) mass is 822 g/mol. The van der Waals surface area contributed by atoms with Gasteiger partial charge in [0.2, 0.25) is 0 Å². The van der Waals surface area contributed by atoms with E-state index in [4.69, 9.17) is 21.8 Å². The van der Waals surface area contributed by atoms with Crippen molar-refractivity contribution in [1.29, 1.82) is 0 Å². The van der Waals surface area contributed by atoms with Gasteiger partial charge in [0.05, 0.1) is 5.60 Å². The van der Waals surface area contributed by atoms with Gasteiger partial charge < -0.3 is 13.9 Å². The number of benzene rings is 4. The van der Waals surface area contributed by atoms with Crippen LogP contribution >= 0.6 is 17.0 Å². The summed E-state index contributed by atoms with van der Waals surface area (Å²) < 4.78 is 11.0. The predicted molar refractivity (Wildman–Crippen MR) is 228 cm³/mol. The minimum atomic E-state index is -2.45. The van der Waals surface area contributed by atoms with Gasteiger partial charge in [0, 0.05) is 39.8 Å². The summed E-state index contributed by atoms with van der Waals surface area (Å²) in [7, 11) is 12.0. The topological polar surface area (TPSA) is 19.1 Å². The fourth-order valence-electron chi connectivity index (χ4n) is 9.17. The van der Waals surface area contributed by atoms with Crippen LogP contribution in [0.1, 0.15) is 57.6 Å². The van der Waals surface area contributed by atoms with Gasteiger partial charge in [0.25, 0.3) is 0 Å². The molecule has 8 aromatic rings. The van der Waals surface area contributed by atoms with Gasteiger partial charge in [0.1, 0.15) is 0 Å². The molecular formula is C45H50Cl2N2OSiZr. The molecular weight excluding hydrogens is 775 g/mol. The molecule has 0 saturated carbocycles. The van der Waals surface area contributed by atoms with Gasteiger partial charge >= 0.3 is 37.9 Å². The van der Waals surface area contributed by atoms with Crippen molar-refractivity contribution in [2.45, 2.75) is 78.5 Å². The van der Waals surface area contributed by atoms with Crippen molar-refractivity contribution in [3.05, 3.63) is 96.1 Å². The Morgan fingerprint density at radius 2 is 1.10 bits per heavy atom. The molecule has 8 rings (SSSR count). The molecule has 0 atom stereocenters. The average Bonchev–Trinajstić information content (AvgIpc) is 3.80. The summed E-state index contributed by atoms with van der Waals surface area (Å²) in [4.78, 5) is 0. The molecule has 0 bridgehead atoms. The predicted octanol–water partition coefficient (Wildman–Crippen LogP) is 12.3. The number of unbranched alkanes of at least 4 members (excludes halogenated alkanes) is 3. The third-order valence-corrected chi connectivity index (χ3v) is 15.9. The van der Waals surface area contributed by atoms with E-state index in [0.717, 1.165) is 13.0 Å². The van der Waals surface area contributed by atoms with Crippen LogP contribution in [0.3, 0.4) is 0 Å². The van der Waals surface area contributed by atoms with E-state index in [2.05, 4.69) is 149 Å². The number of rotatable bonds is 9. The van der Waals surface area contributed by atoms with E-state index in [-0.39, 0.29) is 5.60 Å². The Morgan fingerprint density at radius 1 is 0.654 bits per heavy atom. The van der Waals surface area contributed by atoms with Gasteiger partial charge in [-0.1, -0.05) is 136 Å². The first kappa shape index (κ1) is 37.6. The number of aryl methyl sites for hydroxylation is 4. The van der Waals surface area contributed by atoms with Gasteiger partial charge in [-0.3, -0.25) is 0 Å². The number of ether oxygens (including phenoxy) is 1. The molecule has 0 radical (unpaired) electrons. The maximum atomic E-state index is 6.10. The molecule has 0 aliphatic heterocycles. The molecule has 0 aliphatic rings. The van der Waals surface area contributed by atoms with Crippen molar-refractivity contribution in [1.82, 2.24) is 9.13 Å². The number of nitrogens with zero attached hydrogens (tertiary/aromatic N) is 2. The fraction of sp³-hybridized carbons (Fsp3) is 0.333. The van der Waals surface area contributed by atoms with E-state index in [9.17, 15) is 0 Å². The summed E-state index contributed by atoms with van der Waals surface area (Å²) in [6.45, 7) is 14.5. The molecule has 0 N–H and O–H groups in total. The van der Waals surface area contributed by atoms with Gasteiger partial charge in [-0.15, -0.1) is 33.3 Å². The molecule has 0 amide bonds. The van der Waals surface area contributed by atoms with E-state index < -0.39 is 28.9 Å². The molecule has 0 fully saturated rings. The Kier molecular flexibility index (Phi) is 10.8. The van der Waals surface area contributed by atoms with E-state index in [1.54, 1.807) is 10.4 Å². The second kappa shape index (κ2) is 14.9. The summed E-state index contributed by atoms with van der Waals surface area (Å²) in [6, 6.07) is 33.9. The summed E-state index contributed by atoms with van der Waals surface area (Å²) >= 11 is -0.826. The Labute approximate surface area is 328 Å². The quantitative estimate of drug-likeness (QED) is 0.0806. The third-order valence-electron chi connectivity index (χ3n) is 11.3. The first-order chi connectivity index (χ1) is 24.9. The third kappa shape index (κ3) is 6.47. The first-order valence-corrected chi connectivity index (χ1v) is 27.7. The van der Waals surface area contributed by atoms with Crippen LogP contribution in [0.15, 0.2) is 84.9 Å². The van der Waals surface area contributed by atoms with Crippen LogP contribution in [0.2, 0.25) is 12.6 Å². The fourth-order valence-corrected chi connectivity index (χ4v) is 14.1. The van der Waals surface area contributed by atoms with Crippen molar-refractivity contribution in [2.75, 3.05) is 6.61 Å². The number of aromatic nitrogens is 2. The van der Waals surface area contributed by atoms with E-state index >= 15 is 0 Å². The normalized spacial score (nSPS) is 12.5. The molecule has 0 spiro atoms. The molecule has 268 valence electrons. The van der Waals surface area contributed by atoms with Gasteiger partial charge in [0.15, 0.2) is 0 Å². The Balaban J connectivity index is 0.00000136. The van der Waals surface area contributed by atoms with Crippen LogP contribution in [0, 0.1) is 13.8 Å². The van der Waals surface area contributed by atoms with E-state index in [1.807, 2.05) is 0 Å². The van der Waals surface area contributed by atoms with Gasteiger partial charge in [-0.05, 0) is 64.2 Å². The van der Waals surface area contributed by atoms with Crippen LogP contribution in [0.5, 0.6) is 0 Å². The zero-order chi connectivity index (χ0) is 36.9. The van der Waals surface area contributed by atoms with E-state index in [0.29, 0.717) is 0 Å². The number of fused-ring (bicyclic) bond motifs is 10. The molecule has 0 saturated heterocycles. The summed E-state index contributed by atoms with van der Waals surface area (Å²) in [5.74, 6) is 0. The number of halogens is 2. The second-order valence-electron chi connectivity index (χ2n) is 16.0. The molecule has 2 heterocycles. The maximum absolute atomic E-state index is 6.10. The van der Waals surface area contributed by atoms with Crippen molar-refractivity contribution in [2.24, 2.45) is 14.1 Å². The van der Waals surface area contributed by atoms with Crippen LogP contribution in [0.25, 0.3) is 65.2 Å². The standard InChI is InChI=1S/C45H50N2OSi.2ClH.Zr/c1-29-21-23-37-35(27-29)39-41(46(37)6)31-17-11-13-19-33(31)43(39)49(8,26-16-10-9-15-25-48-45(3,4)5)44-34-20-14-12-18-32(34)42-40(44)36-28-30(2)22-24-38(36)47(42)7;;;/h11-14,17-24,27-28H,9-10,15-16,25-26H2,1-8H3;2*1H;/q-2;;;+4/p-2. The zero-order valence-corrected chi connectivity index (χ0v) is 36.9. The van der Waals surface area contributed by atoms with Crippen molar-refractivity contribution < 1.29 is 25.6 Å². The van der Waals surface area contributed by atoms with E-state index in [1.165, 1.54) is 102 Å². The van der Waals surface area contributed by atoms with Crippen LogP contribution in [-0.2, 0) is 39.7 Å².